The fourth-order valence-corrected chi connectivity index (χ4v) is 10.7. The molecule has 1 atom stereocenters. The van der Waals surface area contributed by atoms with E-state index >= 15 is 8.78 Å². The predicted molar refractivity (Wildman–Crippen MR) is 289 cm³/mol. The van der Waals surface area contributed by atoms with Crippen LogP contribution in [0.25, 0.3) is 27.8 Å². The number of sulfonamides is 1. The Labute approximate surface area is 461 Å². The molecule has 3 aliphatic rings. The zero-order chi connectivity index (χ0) is 56.6. The van der Waals surface area contributed by atoms with Crippen LogP contribution in [0.5, 0.6) is 0 Å². The van der Waals surface area contributed by atoms with Gasteiger partial charge in [-0.25, -0.2) is 32.2 Å². The maximum Gasteiger partial charge on any atom is 0.264 e. The van der Waals surface area contributed by atoms with E-state index < -0.39 is 57.0 Å². The molecule has 0 spiro atoms. The zero-order valence-corrected chi connectivity index (χ0v) is 45.5. The van der Waals surface area contributed by atoms with Gasteiger partial charge >= 0.3 is 0 Å². The third-order valence-electron chi connectivity index (χ3n) is 13.6. The summed E-state index contributed by atoms with van der Waals surface area (Å²) in [4.78, 5) is 81.3. The summed E-state index contributed by atoms with van der Waals surface area (Å²) < 4.78 is 93.7. The minimum absolute atomic E-state index is 0.000262. The highest BCUT2D eigenvalue weighted by Gasteiger charge is 2.45. The smallest absolute Gasteiger partial charge is 0.264 e. The van der Waals surface area contributed by atoms with Crippen molar-refractivity contribution in [3.05, 3.63) is 90.1 Å². The standard InChI is InChI=1S/C54H66F2N10O13S/c1-3-31-80(72,73)62-42-8-7-40(55)51(49(42)56)65-34-39(36-32-57-35-58-33-36)50-43(65)9-11-45(60-50)63(2)37-13-17-64(18-14-37)47(68)15-19-74-21-23-76-25-27-78-29-30-79-28-26-77-24-22-75-20-16-59-41-6-4-5-38-48(41)54(71)66(53(38)70)44-10-12-46(67)61-52(44)69/h4-9,11,32-35,37,44,59,62H,3,10,12-31H2,1-2H3,(H,61,67,69). The number of nitrogens with one attached hydrogen (secondary N) is 3. The molecule has 2 saturated heterocycles. The molecule has 3 aromatic heterocycles. The van der Waals surface area contributed by atoms with Crippen molar-refractivity contribution in [1.82, 2.24) is 34.6 Å². The van der Waals surface area contributed by atoms with E-state index in [1.165, 1.54) is 23.2 Å². The highest BCUT2D eigenvalue weighted by molar-refractivity contribution is 7.92. The normalized spacial score (nSPS) is 15.9. The Kier molecular flexibility index (Phi) is 20.9. The van der Waals surface area contributed by atoms with Gasteiger partial charge in [-0.15, -0.1) is 0 Å². The van der Waals surface area contributed by atoms with Crippen molar-refractivity contribution in [1.29, 1.82) is 0 Å². The lowest BCUT2D eigenvalue weighted by atomic mass is 10.0. The number of carbonyl (C=O) groups is 5. The fraction of sp³-hybridized carbons (Fsp3) is 0.481. The fourth-order valence-electron chi connectivity index (χ4n) is 9.58. The summed E-state index contributed by atoms with van der Waals surface area (Å²) in [5.74, 6) is -3.83. The first-order chi connectivity index (χ1) is 38.8. The van der Waals surface area contributed by atoms with Crippen LogP contribution in [-0.2, 0) is 52.8 Å². The number of hydrogen-bond donors (Lipinski definition) is 3. The first-order valence-corrected chi connectivity index (χ1v) is 28.2. The molecule has 5 amide bonds. The summed E-state index contributed by atoms with van der Waals surface area (Å²) in [7, 11) is -1.95. The second kappa shape index (κ2) is 28.4. The number of halogens is 2. The number of carbonyl (C=O) groups excluding carboxylic acids is 5. The van der Waals surface area contributed by atoms with Gasteiger partial charge in [-0.2, -0.15) is 0 Å². The summed E-state index contributed by atoms with van der Waals surface area (Å²) in [6, 6.07) is 9.45. The van der Waals surface area contributed by atoms with Crippen LogP contribution in [0.2, 0.25) is 0 Å². The number of benzene rings is 2. The van der Waals surface area contributed by atoms with Crippen molar-refractivity contribution in [2.75, 3.05) is 127 Å². The Morgan fingerprint density at radius 2 is 1.41 bits per heavy atom. The Morgan fingerprint density at radius 1 is 0.775 bits per heavy atom. The van der Waals surface area contributed by atoms with E-state index in [2.05, 4.69) is 25.3 Å². The van der Waals surface area contributed by atoms with Crippen molar-refractivity contribution in [3.63, 3.8) is 0 Å². The molecule has 2 aromatic carbocycles. The highest BCUT2D eigenvalue weighted by atomic mass is 32.2. The van der Waals surface area contributed by atoms with Crippen LogP contribution in [0.15, 0.2) is 67.4 Å². The van der Waals surface area contributed by atoms with Crippen LogP contribution < -0.4 is 20.3 Å². The van der Waals surface area contributed by atoms with Gasteiger partial charge in [0.15, 0.2) is 5.82 Å². The van der Waals surface area contributed by atoms with Crippen LogP contribution in [0.1, 0.15) is 66.2 Å². The molecule has 5 aromatic rings. The molecule has 80 heavy (non-hydrogen) atoms. The number of rotatable bonds is 31. The third-order valence-corrected chi connectivity index (χ3v) is 15.1. The van der Waals surface area contributed by atoms with Gasteiger partial charge in [-0.3, -0.25) is 38.9 Å². The van der Waals surface area contributed by atoms with Gasteiger partial charge in [0.25, 0.3) is 11.8 Å². The lowest BCUT2D eigenvalue weighted by molar-refractivity contribution is -0.136. The lowest BCUT2D eigenvalue weighted by Gasteiger charge is -2.37. The largest absolute Gasteiger partial charge is 0.382 e. The molecule has 1 unspecified atom stereocenters. The summed E-state index contributed by atoms with van der Waals surface area (Å²) in [6.07, 6.45) is 8.11. The first-order valence-electron chi connectivity index (χ1n) is 26.6. The Balaban J connectivity index is 0.645. The maximum atomic E-state index is 16.1. The van der Waals surface area contributed by atoms with Crippen LogP contribution in [0.4, 0.5) is 26.0 Å². The van der Waals surface area contributed by atoms with Crippen molar-refractivity contribution < 1.29 is 69.6 Å². The number of anilines is 3. The molecule has 0 aliphatic carbocycles. The van der Waals surface area contributed by atoms with E-state index in [9.17, 15) is 32.4 Å². The summed E-state index contributed by atoms with van der Waals surface area (Å²) in [5.41, 5.74) is 1.88. The molecule has 23 nitrogen and oxygen atoms in total. The Hall–Kier alpha value is -7.07. The number of pyridine rings is 1. The number of fused-ring (bicyclic) bond motifs is 2. The minimum atomic E-state index is -3.87. The molecule has 430 valence electrons. The van der Waals surface area contributed by atoms with Gasteiger partial charge in [0, 0.05) is 74.5 Å². The predicted octanol–water partition coefficient (Wildman–Crippen LogP) is 4.34. The molecule has 8 rings (SSSR count). The van der Waals surface area contributed by atoms with Crippen molar-refractivity contribution in [3.8, 4) is 16.8 Å². The quantitative estimate of drug-likeness (QED) is 0.0412. The molecule has 6 heterocycles. The SMILES string of the molecule is CCCS(=O)(=O)Nc1ccc(F)c(-n2cc(-c3cncnc3)c3nc(N(C)C4CCN(C(=O)CCOCCOCCOCCOCCOCCOCCNc5cccc6c5C(=O)N(C5CCC(=O)NC5=O)C6=O)CC4)ccc32)c1F. The lowest BCUT2D eigenvalue weighted by Crippen LogP contribution is -2.54. The van der Waals surface area contributed by atoms with Crippen molar-refractivity contribution >= 4 is 67.8 Å². The molecular weight excluding hydrogens is 1070 g/mol. The van der Waals surface area contributed by atoms with Crippen molar-refractivity contribution in [2.45, 2.75) is 57.5 Å². The molecule has 0 saturated carbocycles. The van der Waals surface area contributed by atoms with E-state index in [1.807, 2.05) is 16.8 Å². The summed E-state index contributed by atoms with van der Waals surface area (Å²) in [6.45, 7) is 7.36. The molecule has 3 aliphatic heterocycles. The van der Waals surface area contributed by atoms with E-state index in [0.717, 1.165) is 17.0 Å². The topological polar surface area (TPSA) is 264 Å². The molecule has 0 bridgehead atoms. The van der Waals surface area contributed by atoms with Crippen LogP contribution in [0.3, 0.4) is 0 Å². The van der Waals surface area contributed by atoms with E-state index in [1.54, 1.807) is 43.6 Å². The maximum absolute atomic E-state index is 16.1. The number of likely N-dealkylation sites (tertiary alicyclic amines) is 1. The second-order valence-electron chi connectivity index (χ2n) is 19.0. The summed E-state index contributed by atoms with van der Waals surface area (Å²) >= 11 is 0. The minimum Gasteiger partial charge on any atom is -0.382 e. The Bertz CT molecular complexity index is 3090. The average molecular weight is 1130 g/mol. The number of ether oxygens (including phenoxy) is 6. The van der Waals surface area contributed by atoms with Crippen molar-refractivity contribution in [2.24, 2.45) is 0 Å². The van der Waals surface area contributed by atoms with Gasteiger partial charge in [-0.1, -0.05) is 13.0 Å². The number of amides is 5. The molecule has 3 N–H and O–H groups in total. The molecule has 26 heteroatoms. The molecule has 0 radical (unpaired) electrons. The van der Waals surface area contributed by atoms with Gasteiger partial charge in [0.05, 0.1) is 119 Å². The number of piperidine rings is 2. The highest BCUT2D eigenvalue weighted by Crippen LogP contribution is 2.37. The molecule has 2 fully saturated rings. The van der Waals surface area contributed by atoms with Crippen LogP contribution in [0, 0.1) is 11.6 Å². The monoisotopic (exact) mass is 1130 g/mol. The van der Waals surface area contributed by atoms with Gasteiger partial charge < -0.3 is 48.1 Å². The summed E-state index contributed by atoms with van der Waals surface area (Å²) in [5, 5.41) is 5.32. The second-order valence-corrected chi connectivity index (χ2v) is 20.8. The average Bonchev–Trinajstić information content (AvgIpc) is 3.99. The van der Waals surface area contributed by atoms with Gasteiger partial charge in [-0.05, 0) is 62.1 Å². The zero-order valence-electron chi connectivity index (χ0n) is 44.7. The third kappa shape index (κ3) is 14.8. The number of nitrogens with zero attached hydrogens (tertiary/aromatic N) is 7. The molecular formula is C54H66F2N10O13S. The van der Waals surface area contributed by atoms with Gasteiger partial charge in [0.1, 0.15) is 29.7 Å². The van der Waals surface area contributed by atoms with E-state index in [0.29, 0.717) is 145 Å². The van der Waals surface area contributed by atoms with Crippen LogP contribution >= 0.6 is 0 Å². The van der Waals surface area contributed by atoms with Crippen LogP contribution in [-0.4, -0.2) is 191 Å². The number of imide groups is 2. The van der Waals surface area contributed by atoms with E-state index in [-0.39, 0.29) is 60.4 Å². The Morgan fingerprint density at radius 3 is 2.05 bits per heavy atom. The van der Waals surface area contributed by atoms with E-state index in [4.69, 9.17) is 33.4 Å². The first kappa shape index (κ1) is 59.1. The van der Waals surface area contributed by atoms with Gasteiger partial charge in [0.2, 0.25) is 27.7 Å². The number of hydrogen-bond acceptors (Lipinski definition) is 18. The number of aromatic nitrogens is 4.